The van der Waals surface area contributed by atoms with E-state index in [0.717, 1.165) is 17.7 Å². The van der Waals surface area contributed by atoms with Gasteiger partial charge in [0.25, 0.3) is 0 Å². The lowest BCUT2D eigenvalue weighted by Crippen LogP contribution is -2.46. The van der Waals surface area contributed by atoms with E-state index in [-0.39, 0.29) is 19.8 Å². The van der Waals surface area contributed by atoms with Crippen molar-refractivity contribution in [3.8, 4) is 11.5 Å². The van der Waals surface area contributed by atoms with Crippen LogP contribution in [0.25, 0.3) is 0 Å². The SMILES string of the molecule is CCCCC(COC(=O)N(Cc1cccs1)c1ccccc1)NC(=O)NC(CC(=O)O)c1ccc2c(c1)OCO2. The number of unbranched alkanes of at least 4 members (excludes halogenated alkanes) is 1. The molecule has 1 aliphatic rings. The number of rotatable bonds is 13. The Balaban J connectivity index is 1.40. The maximum absolute atomic E-state index is 13.2. The number of urea groups is 1. The lowest BCUT2D eigenvalue weighted by Gasteiger charge is -2.25. The van der Waals surface area contributed by atoms with Gasteiger partial charge in [0.05, 0.1) is 25.0 Å². The molecule has 3 amide bonds. The quantitative estimate of drug-likeness (QED) is 0.242. The number of nitrogens with zero attached hydrogens (tertiary/aromatic N) is 1. The normalized spacial score (nSPS) is 13.2. The first-order chi connectivity index (χ1) is 19.4. The third kappa shape index (κ3) is 8.12. The number of aliphatic carboxylic acids is 1. The summed E-state index contributed by atoms with van der Waals surface area (Å²) in [6.45, 7) is 2.45. The van der Waals surface area contributed by atoms with Crippen molar-refractivity contribution in [1.29, 1.82) is 0 Å². The average molecular weight is 568 g/mol. The first-order valence-corrected chi connectivity index (χ1v) is 14.0. The monoisotopic (exact) mass is 567 g/mol. The van der Waals surface area contributed by atoms with Crippen molar-refractivity contribution in [3.63, 3.8) is 0 Å². The number of carboxylic acid groups (broad SMARTS) is 1. The number of hydrogen-bond donors (Lipinski definition) is 3. The smallest absolute Gasteiger partial charge is 0.414 e. The molecule has 0 bridgehead atoms. The molecular weight excluding hydrogens is 534 g/mol. The largest absolute Gasteiger partial charge is 0.481 e. The number of nitrogens with one attached hydrogen (secondary N) is 2. The summed E-state index contributed by atoms with van der Waals surface area (Å²) in [4.78, 5) is 40.3. The van der Waals surface area contributed by atoms with Gasteiger partial charge in [0, 0.05) is 10.6 Å². The van der Waals surface area contributed by atoms with Crippen LogP contribution in [0.1, 0.15) is 49.1 Å². The van der Waals surface area contributed by atoms with Crippen LogP contribution in [-0.2, 0) is 16.1 Å². The van der Waals surface area contributed by atoms with Crippen LogP contribution in [0, 0.1) is 0 Å². The molecule has 0 spiro atoms. The number of amides is 3. The van der Waals surface area contributed by atoms with Crippen molar-refractivity contribution >= 4 is 35.1 Å². The highest BCUT2D eigenvalue weighted by Gasteiger charge is 2.24. The van der Waals surface area contributed by atoms with E-state index in [2.05, 4.69) is 10.6 Å². The number of carbonyl (C=O) groups excluding carboxylic acids is 2. The molecule has 212 valence electrons. The topological polar surface area (TPSA) is 126 Å². The number of hydrogen-bond acceptors (Lipinski definition) is 7. The van der Waals surface area contributed by atoms with Gasteiger partial charge >= 0.3 is 18.1 Å². The molecule has 4 rings (SSSR count). The van der Waals surface area contributed by atoms with Gasteiger partial charge in [-0.1, -0.05) is 50.1 Å². The molecule has 40 heavy (non-hydrogen) atoms. The van der Waals surface area contributed by atoms with E-state index >= 15 is 0 Å². The third-order valence-corrected chi connectivity index (χ3v) is 7.18. The molecule has 1 aliphatic heterocycles. The third-order valence-electron chi connectivity index (χ3n) is 6.31. The van der Waals surface area contributed by atoms with Crippen LogP contribution in [0.15, 0.2) is 66.0 Å². The number of ether oxygens (including phenoxy) is 3. The summed E-state index contributed by atoms with van der Waals surface area (Å²) in [5.41, 5.74) is 1.28. The van der Waals surface area contributed by atoms with Gasteiger partial charge in [-0.25, -0.2) is 9.59 Å². The minimum Gasteiger partial charge on any atom is -0.481 e. The molecule has 0 radical (unpaired) electrons. The molecule has 2 unspecified atom stereocenters. The highest BCUT2D eigenvalue weighted by molar-refractivity contribution is 7.09. The molecule has 2 heterocycles. The number of anilines is 1. The van der Waals surface area contributed by atoms with Gasteiger partial charge in [-0.05, 0) is 47.7 Å². The minimum absolute atomic E-state index is 0.0341. The van der Waals surface area contributed by atoms with Gasteiger partial charge < -0.3 is 30.0 Å². The second kappa shape index (κ2) is 14.2. The molecule has 3 aromatic rings. The first kappa shape index (κ1) is 28.8. The molecule has 11 heteroatoms. The molecule has 10 nitrogen and oxygen atoms in total. The van der Waals surface area contributed by atoms with Crippen LogP contribution in [0.4, 0.5) is 15.3 Å². The van der Waals surface area contributed by atoms with Gasteiger partial charge in [-0.3, -0.25) is 9.69 Å². The van der Waals surface area contributed by atoms with Gasteiger partial charge in [0.15, 0.2) is 11.5 Å². The highest BCUT2D eigenvalue weighted by Crippen LogP contribution is 2.34. The molecular formula is C29H33N3O7S. The van der Waals surface area contributed by atoms with Crippen LogP contribution < -0.4 is 25.0 Å². The fourth-order valence-corrected chi connectivity index (χ4v) is 4.96. The summed E-state index contributed by atoms with van der Waals surface area (Å²) in [6, 6.07) is 16.4. The second-order valence-electron chi connectivity index (χ2n) is 9.30. The van der Waals surface area contributed by atoms with E-state index in [0.29, 0.717) is 35.7 Å². The maximum Gasteiger partial charge on any atom is 0.414 e. The average Bonchev–Trinajstić information content (AvgIpc) is 3.64. The number of para-hydroxylation sites is 1. The summed E-state index contributed by atoms with van der Waals surface area (Å²) in [6.07, 6.45) is 1.44. The highest BCUT2D eigenvalue weighted by atomic mass is 32.1. The summed E-state index contributed by atoms with van der Waals surface area (Å²) in [5.74, 6) is -0.00753. The number of thiophene rings is 1. The molecule has 1 aromatic heterocycles. The Morgan fingerprint density at radius 3 is 2.58 bits per heavy atom. The molecule has 0 saturated carbocycles. The predicted octanol–water partition coefficient (Wildman–Crippen LogP) is 5.69. The van der Waals surface area contributed by atoms with E-state index in [1.807, 2.05) is 54.8 Å². The molecule has 0 aliphatic carbocycles. The van der Waals surface area contributed by atoms with Crippen LogP contribution >= 0.6 is 11.3 Å². The van der Waals surface area contributed by atoms with E-state index in [9.17, 15) is 19.5 Å². The van der Waals surface area contributed by atoms with E-state index < -0.39 is 30.2 Å². The zero-order valence-electron chi connectivity index (χ0n) is 22.2. The molecule has 2 aromatic carbocycles. The fourth-order valence-electron chi connectivity index (χ4n) is 4.27. The van der Waals surface area contributed by atoms with E-state index in [4.69, 9.17) is 14.2 Å². The lowest BCUT2D eigenvalue weighted by atomic mass is 10.0. The fraction of sp³-hybridized carbons (Fsp3) is 0.345. The Hall–Kier alpha value is -4.25. The van der Waals surface area contributed by atoms with Crippen LogP contribution in [-0.4, -0.2) is 42.6 Å². The summed E-state index contributed by atoms with van der Waals surface area (Å²) < 4.78 is 16.4. The second-order valence-corrected chi connectivity index (χ2v) is 10.3. The molecule has 0 saturated heterocycles. The molecule has 0 fully saturated rings. The van der Waals surface area contributed by atoms with Crippen molar-refractivity contribution in [1.82, 2.24) is 10.6 Å². The Bertz CT molecular complexity index is 1270. The van der Waals surface area contributed by atoms with Crippen molar-refractivity contribution in [2.45, 2.75) is 51.2 Å². The van der Waals surface area contributed by atoms with E-state index in [1.54, 1.807) is 34.4 Å². The first-order valence-electron chi connectivity index (χ1n) is 13.1. The molecule has 3 N–H and O–H groups in total. The summed E-state index contributed by atoms with van der Waals surface area (Å²) >= 11 is 1.55. The Morgan fingerprint density at radius 2 is 1.85 bits per heavy atom. The number of carbonyl (C=O) groups is 3. The van der Waals surface area contributed by atoms with Crippen LogP contribution in [0.3, 0.4) is 0 Å². The zero-order valence-corrected chi connectivity index (χ0v) is 23.0. The number of benzene rings is 2. The Morgan fingerprint density at radius 1 is 1.05 bits per heavy atom. The van der Waals surface area contributed by atoms with Crippen molar-refractivity contribution in [2.24, 2.45) is 0 Å². The van der Waals surface area contributed by atoms with Crippen molar-refractivity contribution < 1.29 is 33.7 Å². The lowest BCUT2D eigenvalue weighted by molar-refractivity contribution is -0.137. The summed E-state index contributed by atoms with van der Waals surface area (Å²) in [5, 5.41) is 17.0. The van der Waals surface area contributed by atoms with Gasteiger partial charge in [-0.15, -0.1) is 11.3 Å². The van der Waals surface area contributed by atoms with Crippen molar-refractivity contribution in [3.05, 3.63) is 76.5 Å². The van der Waals surface area contributed by atoms with Gasteiger partial charge in [0.2, 0.25) is 6.79 Å². The van der Waals surface area contributed by atoms with Crippen LogP contribution in [0.2, 0.25) is 0 Å². The van der Waals surface area contributed by atoms with Gasteiger partial charge in [-0.2, -0.15) is 0 Å². The number of carboxylic acids is 1. The van der Waals surface area contributed by atoms with E-state index in [1.165, 1.54) is 0 Å². The minimum atomic E-state index is -1.06. The van der Waals surface area contributed by atoms with Gasteiger partial charge in [0.1, 0.15) is 6.61 Å². The van der Waals surface area contributed by atoms with Crippen molar-refractivity contribution in [2.75, 3.05) is 18.3 Å². The standard InChI is InChI=1S/C29H33N3O7S/c1-2-3-8-21(18-37-29(36)32(17-23-11-7-14-40-23)22-9-5-4-6-10-22)30-28(35)31-24(16-27(33)34)20-12-13-25-26(15-20)39-19-38-25/h4-7,9-15,21,24H,2-3,8,16-19H2,1H3,(H,33,34)(H2,30,31,35). The Kier molecular flexibility index (Phi) is 10.2. The van der Waals surface area contributed by atoms with Crippen LogP contribution in [0.5, 0.6) is 11.5 Å². The predicted molar refractivity (Wildman–Crippen MR) is 151 cm³/mol. The number of fused-ring (bicyclic) bond motifs is 1. The maximum atomic E-state index is 13.2. The zero-order chi connectivity index (χ0) is 28.3. The summed E-state index contributed by atoms with van der Waals surface area (Å²) in [7, 11) is 0. The molecule has 2 atom stereocenters. The Labute approximate surface area is 236 Å².